The van der Waals surface area contributed by atoms with E-state index in [1.807, 2.05) is 48.5 Å². The fourth-order valence-corrected chi connectivity index (χ4v) is 2.52. The first-order valence-corrected chi connectivity index (χ1v) is 6.97. The van der Waals surface area contributed by atoms with Gasteiger partial charge in [-0.25, -0.2) is 0 Å². The number of benzene rings is 2. The van der Waals surface area contributed by atoms with E-state index in [2.05, 4.69) is 15.9 Å². The van der Waals surface area contributed by atoms with Crippen molar-refractivity contribution in [3.8, 4) is 0 Å². The number of alkyl halides is 2. The standard InChI is InChI=1S/C15H12BrClO/c16-13(11-7-3-1-4-8-11)14(17)15(18)12-9-5-2-6-10-12/h1-10,13-14H/t13-,14-/m1/s1. The third-order valence-corrected chi connectivity index (χ3v) is 4.50. The number of Topliss-reactive ketones (excluding diaryl/α,β-unsaturated/α-hetero) is 1. The smallest absolute Gasteiger partial charge is 0.182 e. The maximum absolute atomic E-state index is 12.2. The van der Waals surface area contributed by atoms with Crippen molar-refractivity contribution in [1.82, 2.24) is 0 Å². The minimum Gasteiger partial charge on any atom is -0.292 e. The molecule has 2 rings (SSSR count). The van der Waals surface area contributed by atoms with Gasteiger partial charge in [0.15, 0.2) is 5.78 Å². The van der Waals surface area contributed by atoms with E-state index >= 15 is 0 Å². The van der Waals surface area contributed by atoms with E-state index in [4.69, 9.17) is 11.6 Å². The second-order valence-corrected chi connectivity index (χ2v) is 5.40. The fraction of sp³-hybridized carbons (Fsp3) is 0.133. The molecule has 0 heterocycles. The van der Waals surface area contributed by atoms with Crippen LogP contribution in [0.2, 0.25) is 0 Å². The number of hydrogen-bond acceptors (Lipinski definition) is 1. The first kappa shape index (κ1) is 13.3. The van der Waals surface area contributed by atoms with E-state index in [9.17, 15) is 4.79 Å². The fourth-order valence-electron chi connectivity index (χ4n) is 1.70. The van der Waals surface area contributed by atoms with E-state index < -0.39 is 5.38 Å². The second kappa shape index (κ2) is 6.17. The van der Waals surface area contributed by atoms with Crippen molar-refractivity contribution < 1.29 is 4.79 Å². The van der Waals surface area contributed by atoms with Crippen LogP contribution >= 0.6 is 27.5 Å². The summed E-state index contributed by atoms with van der Waals surface area (Å²) in [5.74, 6) is -0.0667. The van der Waals surface area contributed by atoms with Crippen molar-refractivity contribution in [2.24, 2.45) is 0 Å². The van der Waals surface area contributed by atoms with E-state index in [1.54, 1.807) is 12.1 Å². The van der Waals surface area contributed by atoms with Crippen LogP contribution in [0.25, 0.3) is 0 Å². The Kier molecular flexibility index (Phi) is 4.56. The van der Waals surface area contributed by atoms with Gasteiger partial charge in [0.1, 0.15) is 5.38 Å². The molecule has 0 radical (unpaired) electrons. The number of rotatable bonds is 4. The van der Waals surface area contributed by atoms with Crippen LogP contribution in [0.3, 0.4) is 0 Å². The van der Waals surface area contributed by atoms with Crippen LogP contribution in [-0.2, 0) is 0 Å². The SMILES string of the molecule is O=C(c1ccccc1)[C@H](Cl)[C@H](Br)c1ccccc1. The average Bonchev–Trinajstić information content (AvgIpc) is 2.47. The van der Waals surface area contributed by atoms with Crippen molar-refractivity contribution in [3.63, 3.8) is 0 Å². The van der Waals surface area contributed by atoms with Crippen LogP contribution in [0.15, 0.2) is 60.7 Å². The molecular formula is C15H12BrClO. The van der Waals surface area contributed by atoms with Crippen LogP contribution in [-0.4, -0.2) is 11.2 Å². The normalized spacial score (nSPS) is 13.9. The molecule has 2 aromatic carbocycles. The average molecular weight is 324 g/mol. The van der Waals surface area contributed by atoms with Gasteiger partial charge in [-0.05, 0) is 5.56 Å². The Morgan fingerprint density at radius 1 is 0.944 bits per heavy atom. The molecule has 0 amide bonds. The topological polar surface area (TPSA) is 17.1 Å². The molecule has 0 aromatic heterocycles. The van der Waals surface area contributed by atoms with Gasteiger partial charge in [0.2, 0.25) is 0 Å². The summed E-state index contributed by atoms with van der Waals surface area (Å²) in [5, 5.41) is -0.616. The lowest BCUT2D eigenvalue weighted by Crippen LogP contribution is -2.19. The summed E-state index contributed by atoms with van der Waals surface area (Å²) in [5.41, 5.74) is 1.64. The van der Waals surface area contributed by atoms with Crippen LogP contribution in [0.5, 0.6) is 0 Å². The highest BCUT2D eigenvalue weighted by Crippen LogP contribution is 2.31. The Morgan fingerprint density at radius 3 is 2.00 bits per heavy atom. The van der Waals surface area contributed by atoms with Gasteiger partial charge in [0.25, 0.3) is 0 Å². The van der Waals surface area contributed by atoms with Gasteiger partial charge in [-0.3, -0.25) is 4.79 Å². The maximum Gasteiger partial charge on any atom is 0.182 e. The predicted molar refractivity (Wildman–Crippen MR) is 78.5 cm³/mol. The Hall–Kier alpha value is -1.12. The number of carbonyl (C=O) groups excluding carboxylic acids is 1. The summed E-state index contributed by atoms with van der Waals surface area (Å²) in [4.78, 5) is 12.0. The molecule has 0 fully saturated rings. The number of ketones is 1. The molecule has 1 nitrogen and oxygen atoms in total. The van der Waals surface area contributed by atoms with Gasteiger partial charge in [-0.2, -0.15) is 0 Å². The summed E-state index contributed by atoms with van der Waals surface area (Å²) in [6, 6.07) is 18.8. The first-order valence-electron chi connectivity index (χ1n) is 5.62. The van der Waals surface area contributed by atoms with Crippen LogP contribution in [0, 0.1) is 0 Å². The van der Waals surface area contributed by atoms with Gasteiger partial charge in [-0.15, -0.1) is 11.6 Å². The molecule has 2 aromatic rings. The second-order valence-electron chi connectivity index (χ2n) is 3.94. The molecule has 0 N–H and O–H groups in total. The van der Waals surface area contributed by atoms with E-state index in [0.717, 1.165) is 5.56 Å². The summed E-state index contributed by atoms with van der Waals surface area (Å²) >= 11 is 9.75. The number of halogens is 2. The quantitative estimate of drug-likeness (QED) is 0.593. The molecular weight excluding hydrogens is 312 g/mol. The Morgan fingerprint density at radius 2 is 1.44 bits per heavy atom. The number of hydrogen-bond donors (Lipinski definition) is 0. The third-order valence-electron chi connectivity index (χ3n) is 2.68. The maximum atomic E-state index is 12.2. The lowest BCUT2D eigenvalue weighted by atomic mass is 10.0. The molecule has 0 aliphatic heterocycles. The van der Waals surface area contributed by atoms with Gasteiger partial charge in [-0.1, -0.05) is 76.6 Å². The lowest BCUT2D eigenvalue weighted by molar-refractivity contribution is 0.0986. The van der Waals surface area contributed by atoms with Crippen LogP contribution in [0.1, 0.15) is 20.7 Å². The van der Waals surface area contributed by atoms with Gasteiger partial charge >= 0.3 is 0 Å². The molecule has 0 bridgehead atoms. The van der Waals surface area contributed by atoms with Gasteiger partial charge in [0.05, 0.1) is 4.83 Å². The third kappa shape index (κ3) is 3.01. The van der Waals surface area contributed by atoms with Gasteiger partial charge < -0.3 is 0 Å². The molecule has 18 heavy (non-hydrogen) atoms. The molecule has 2 atom stereocenters. The highest BCUT2D eigenvalue weighted by atomic mass is 79.9. The molecule has 92 valence electrons. The van der Waals surface area contributed by atoms with Crippen LogP contribution < -0.4 is 0 Å². The molecule has 0 aliphatic rings. The minimum atomic E-state index is -0.616. The Bertz CT molecular complexity index is 513. The zero-order valence-corrected chi connectivity index (χ0v) is 11.9. The van der Waals surface area contributed by atoms with E-state index in [-0.39, 0.29) is 10.6 Å². The molecule has 3 heteroatoms. The zero-order chi connectivity index (χ0) is 13.0. The Balaban J connectivity index is 2.17. The van der Waals surface area contributed by atoms with Crippen molar-refractivity contribution in [2.45, 2.75) is 10.2 Å². The minimum absolute atomic E-state index is 0.0667. The van der Waals surface area contributed by atoms with Crippen molar-refractivity contribution in [3.05, 3.63) is 71.8 Å². The summed E-state index contributed by atoms with van der Waals surface area (Å²) in [6.45, 7) is 0. The molecule has 0 unspecified atom stereocenters. The summed E-state index contributed by atoms with van der Waals surface area (Å²) < 4.78 is 0. The summed E-state index contributed by atoms with van der Waals surface area (Å²) in [7, 11) is 0. The predicted octanol–water partition coefficient (Wildman–Crippen LogP) is 4.61. The molecule has 0 aliphatic carbocycles. The Labute approximate surface area is 120 Å². The van der Waals surface area contributed by atoms with Gasteiger partial charge in [0, 0.05) is 5.56 Å². The highest BCUT2D eigenvalue weighted by molar-refractivity contribution is 9.09. The summed E-state index contributed by atoms with van der Waals surface area (Å²) in [6.07, 6.45) is 0. The molecule has 0 saturated carbocycles. The largest absolute Gasteiger partial charge is 0.292 e. The van der Waals surface area contributed by atoms with Crippen molar-refractivity contribution in [2.75, 3.05) is 0 Å². The zero-order valence-electron chi connectivity index (χ0n) is 9.59. The molecule has 0 spiro atoms. The highest BCUT2D eigenvalue weighted by Gasteiger charge is 2.26. The van der Waals surface area contributed by atoms with Crippen LogP contribution in [0.4, 0.5) is 0 Å². The van der Waals surface area contributed by atoms with Crippen molar-refractivity contribution >= 4 is 33.3 Å². The van der Waals surface area contributed by atoms with E-state index in [0.29, 0.717) is 5.56 Å². The first-order chi connectivity index (χ1) is 8.70. The molecule has 0 saturated heterocycles. The van der Waals surface area contributed by atoms with Crippen molar-refractivity contribution in [1.29, 1.82) is 0 Å². The number of carbonyl (C=O) groups is 1. The monoisotopic (exact) mass is 322 g/mol. The lowest BCUT2D eigenvalue weighted by Gasteiger charge is -2.15. The van der Waals surface area contributed by atoms with E-state index in [1.165, 1.54) is 0 Å².